The summed E-state index contributed by atoms with van der Waals surface area (Å²) in [5.41, 5.74) is 7.78. The third-order valence-electron chi connectivity index (χ3n) is 3.04. The molecule has 104 valence electrons. The lowest BCUT2D eigenvalue weighted by Crippen LogP contribution is -2.30. The van der Waals surface area contributed by atoms with Crippen molar-refractivity contribution >= 4 is 28.3 Å². The molecule has 0 fully saturated rings. The summed E-state index contributed by atoms with van der Waals surface area (Å²) >= 11 is 0. The number of nitrogen functional groups attached to an aromatic ring is 1. The number of nitrogens with two attached hydrogens (primary N) is 1. The van der Waals surface area contributed by atoms with Gasteiger partial charge in [-0.05, 0) is 18.6 Å². The SMILES string of the molecule is COC(=O)CNC(=O)c1nccc2c(N)c(C)ccc12. The lowest BCUT2D eigenvalue weighted by atomic mass is 10.0. The van der Waals surface area contributed by atoms with Crippen LogP contribution in [0.1, 0.15) is 16.1 Å². The Labute approximate surface area is 115 Å². The van der Waals surface area contributed by atoms with Gasteiger partial charge in [-0.15, -0.1) is 0 Å². The van der Waals surface area contributed by atoms with Gasteiger partial charge in [0.05, 0.1) is 7.11 Å². The predicted molar refractivity (Wildman–Crippen MR) is 75.2 cm³/mol. The van der Waals surface area contributed by atoms with Crippen molar-refractivity contribution in [3.05, 3.63) is 35.7 Å². The van der Waals surface area contributed by atoms with E-state index in [0.717, 1.165) is 10.9 Å². The van der Waals surface area contributed by atoms with Crippen molar-refractivity contribution in [3.63, 3.8) is 0 Å². The zero-order valence-electron chi connectivity index (χ0n) is 11.3. The van der Waals surface area contributed by atoms with Crippen molar-refractivity contribution in [3.8, 4) is 0 Å². The minimum absolute atomic E-state index is 0.200. The number of esters is 1. The molecule has 0 aliphatic carbocycles. The molecule has 1 aromatic heterocycles. The first-order valence-corrected chi connectivity index (χ1v) is 6.03. The van der Waals surface area contributed by atoms with Crippen LogP contribution >= 0.6 is 0 Å². The van der Waals surface area contributed by atoms with E-state index >= 15 is 0 Å². The number of rotatable bonds is 3. The van der Waals surface area contributed by atoms with Crippen LogP contribution in [-0.2, 0) is 9.53 Å². The number of amides is 1. The van der Waals surface area contributed by atoms with Crippen LogP contribution in [0.15, 0.2) is 24.4 Å². The number of pyridine rings is 1. The molecule has 0 unspecified atom stereocenters. The third kappa shape index (κ3) is 2.54. The summed E-state index contributed by atoms with van der Waals surface area (Å²) in [6.45, 7) is 1.70. The van der Waals surface area contributed by atoms with Crippen LogP contribution in [0.5, 0.6) is 0 Å². The number of ether oxygens (including phenoxy) is 1. The van der Waals surface area contributed by atoms with Crippen LogP contribution in [0.2, 0.25) is 0 Å². The monoisotopic (exact) mass is 273 g/mol. The fourth-order valence-electron chi connectivity index (χ4n) is 1.88. The summed E-state index contributed by atoms with van der Waals surface area (Å²) in [7, 11) is 1.26. The topological polar surface area (TPSA) is 94.3 Å². The molecule has 0 aliphatic heterocycles. The lowest BCUT2D eigenvalue weighted by molar-refractivity contribution is -0.139. The van der Waals surface area contributed by atoms with Gasteiger partial charge < -0.3 is 15.8 Å². The first kappa shape index (κ1) is 13.8. The normalized spacial score (nSPS) is 10.3. The minimum atomic E-state index is -0.519. The van der Waals surface area contributed by atoms with Crippen LogP contribution in [0.3, 0.4) is 0 Å². The number of aromatic nitrogens is 1. The summed E-state index contributed by atoms with van der Waals surface area (Å²) in [5.74, 6) is -0.960. The number of carbonyl (C=O) groups excluding carboxylic acids is 2. The minimum Gasteiger partial charge on any atom is -0.468 e. The molecule has 1 heterocycles. The van der Waals surface area contributed by atoms with Crippen LogP contribution in [-0.4, -0.2) is 30.5 Å². The van der Waals surface area contributed by atoms with Crippen molar-refractivity contribution in [2.24, 2.45) is 0 Å². The molecule has 0 saturated carbocycles. The fourth-order valence-corrected chi connectivity index (χ4v) is 1.88. The molecule has 1 amide bonds. The molecule has 2 rings (SSSR count). The highest BCUT2D eigenvalue weighted by molar-refractivity contribution is 6.08. The molecular weight excluding hydrogens is 258 g/mol. The Balaban J connectivity index is 2.37. The van der Waals surface area contributed by atoms with Gasteiger partial charge in [-0.3, -0.25) is 14.6 Å². The van der Waals surface area contributed by atoms with E-state index < -0.39 is 11.9 Å². The quantitative estimate of drug-likeness (QED) is 0.643. The Morgan fingerprint density at radius 2 is 2.05 bits per heavy atom. The number of nitrogens with zero attached hydrogens (tertiary/aromatic N) is 1. The number of hydrogen-bond acceptors (Lipinski definition) is 5. The molecule has 2 aromatic rings. The molecule has 1 aromatic carbocycles. The molecule has 0 saturated heterocycles. The van der Waals surface area contributed by atoms with Crippen molar-refractivity contribution < 1.29 is 14.3 Å². The van der Waals surface area contributed by atoms with E-state index in [0.29, 0.717) is 11.1 Å². The molecule has 0 aliphatic rings. The number of carbonyl (C=O) groups is 2. The summed E-state index contributed by atoms with van der Waals surface area (Å²) in [4.78, 5) is 27.1. The molecule has 6 nitrogen and oxygen atoms in total. The zero-order valence-corrected chi connectivity index (χ0v) is 11.3. The van der Waals surface area contributed by atoms with E-state index in [1.165, 1.54) is 13.3 Å². The maximum atomic E-state index is 12.1. The summed E-state index contributed by atoms with van der Waals surface area (Å²) < 4.78 is 4.46. The first-order chi connectivity index (χ1) is 9.54. The Hall–Kier alpha value is -2.63. The van der Waals surface area contributed by atoms with E-state index in [-0.39, 0.29) is 12.2 Å². The van der Waals surface area contributed by atoms with Crippen molar-refractivity contribution in [2.45, 2.75) is 6.92 Å². The fraction of sp³-hybridized carbons (Fsp3) is 0.214. The Morgan fingerprint density at radius 3 is 2.75 bits per heavy atom. The van der Waals surface area contributed by atoms with E-state index in [4.69, 9.17) is 5.73 Å². The maximum Gasteiger partial charge on any atom is 0.325 e. The second-order valence-electron chi connectivity index (χ2n) is 4.31. The molecule has 3 N–H and O–H groups in total. The second kappa shape index (κ2) is 5.56. The van der Waals surface area contributed by atoms with Gasteiger partial charge in [-0.25, -0.2) is 0 Å². The number of anilines is 1. The largest absolute Gasteiger partial charge is 0.468 e. The lowest BCUT2D eigenvalue weighted by Gasteiger charge is -2.09. The van der Waals surface area contributed by atoms with Crippen molar-refractivity contribution in [1.29, 1.82) is 0 Å². The Morgan fingerprint density at radius 1 is 1.30 bits per heavy atom. The number of hydrogen-bond donors (Lipinski definition) is 2. The smallest absolute Gasteiger partial charge is 0.325 e. The molecule has 0 radical (unpaired) electrons. The van der Waals surface area contributed by atoms with Gasteiger partial charge in [0.15, 0.2) is 0 Å². The molecule has 0 atom stereocenters. The van der Waals surface area contributed by atoms with Gasteiger partial charge in [0.1, 0.15) is 12.2 Å². The highest BCUT2D eigenvalue weighted by Crippen LogP contribution is 2.25. The summed E-state index contributed by atoms with van der Waals surface area (Å²) in [6.07, 6.45) is 1.52. The Bertz CT molecular complexity index is 683. The van der Waals surface area contributed by atoms with Crippen LogP contribution in [0.25, 0.3) is 10.8 Å². The number of methoxy groups -OCH3 is 1. The number of benzene rings is 1. The molecule has 20 heavy (non-hydrogen) atoms. The van der Waals surface area contributed by atoms with Crippen LogP contribution in [0.4, 0.5) is 5.69 Å². The molecular formula is C14H15N3O3. The summed E-state index contributed by atoms with van der Waals surface area (Å²) in [5, 5.41) is 3.88. The van der Waals surface area contributed by atoms with Gasteiger partial charge >= 0.3 is 5.97 Å². The molecule has 6 heteroatoms. The van der Waals surface area contributed by atoms with Crippen LogP contribution < -0.4 is 11.1 Å². The standard InChI is InChI=1S/C14H15N3O3/c1-8-3-4-10-9(12(8)15)5-6-16-13(10)14(19)17-7-11(18)20-2/h3-6H,7,15H2,1-2H3,(H,17,19). The highest BCUT2D eigenvalue weighted by Gasteiger charge is 2.14. The molecule has 0 spiro atoms. The van der Waals surface area contributed by atoms with Gasteiger partial charge in [-0.2, -0.15) is 0 Å². The number of nitrogens with one attached hydrogen (secondary N) is 1. The predicted octanol–water partition coefficient (Wildman–Crippen LogP) is 1.03. The average Bonchev–Trinajstić information content (AvgIpc) is 2.47. The Kier molecular flexibility index (Phi) is 3.84. The van der Waals surface area contributed by atoms with Crippen molar-refractivity contribution in [1.82, 2.24) is 10.3 Å². The number of aryl methyl sites for hydroxylation is 1. The van der Waals surface area contributed by atoms with E-state index in [1.54, 1.807) is 12.1 Å². The first-order valence-electron chi connectivity index (χ1n) is 6.03. The van der Waals surface area contributed by atoms with Gasteiger partial charge in [0, 0.05) is 22.7 Å². The number of fused-ring (bicyclic) bond motifs is 1. The van der Waals surface area contributed by atoms with Crippen molar-refractivity contribution in [2.75, 3.05) is 19.4 Å². The van der Waals surface area contributed by atoms with Gasteiger partial charge in [0.2, 0.25) is 0 Å². The zero-order chi connectivity index (χ0) is 14.7. The second-order valence-corrected chi connectivity index (χ2v) is 4.31. The third-order valence-corrected chi connectivity index (χ3v) is 3.04. The molecule has 0 bridgehead atoms. The highest BCUT2D eigenvalue weighted by atomic mass is 16.5. The average molecular weight is 273 g/mol. The maximum absolute atomic E-state index is 12.1. The van der Waals surface area contributed by atoms with Crippen LogP contribution in [0, 0.1) is 6.92 Å². The van der Waals surface area contributed by atoms with E-state index in [9.17, 15) is 9.59 Å². The van der Waals surface area contributed by atoms with Gasteiger partial charge in [0.25, 0.3) is 5.91 Å². The van der Waals surface area contributed by atoms with E-state index in [1.807, 2.05) is 13.0 Å². The van der Waals surface area contributed by atoms with E-state index in [2.05, 4.69) is 15.0 Å². The van der Waals surface area contributed by atoms with Gasteiger partial charge in [-0.1, -0.05) is 12.1 Å². The summed E-state index contributed by atoms with van der Waals surface area (Å²) in [6, 6.07) is 5.38.